The van der Waals surface area contributed by atoms with E-state index in [0.29, 0.717) is 10.6 Å². The standard InChI is InChI=1S/C26H17ClF5N3O2/c1-12-24(13(2)35(34-12)11-18-19(28)21(30)23(32)22(31)20(18)29)33-26(37)17-6-4-3-5-16(17)25(36)14-7-9-15(27)10-8-14/h3-10H,11H2,1-2H3,(H,33,37). The zero-order valence-electron chi connectivity index (χ0n) is 19.3. The summed E-state index contributed by atoms with van der Waals surface area (Å²) in [5, 5.41) is 7.15. The fraction of sp³-hybridized carbons (Fsp3) is 0.115. The van der Waals surface area contributed by atoms with Gasteiger partial charge in [0, 0.05) is 16.1 Å². The van der Waals surface area contributed by atoms with Crippen LogP contribution in [0.3, 0.4) is 0 Å². The Labute approximate surface area is 212 Å². The van der Waals surface area contributed by atoms with E-state index < -0.39 is 52.9 Å². The molecule has 37 heavy (non-hydrogen) atoms. The van der Waals surface area contributed by atoms with Crippen molar-refractivity contribution in [3.63, 3.8) is 0 Å². The maximum Gasteiger partial charge on any atom is 0.256 e. The molecule has 0 atom stereocenters. The summed E-state index contributed by atoms with van der Waals surface area (Å²) in [7, 11) is 0. The second-order valence-electron chi connectivity index (χ2n) is 8.09. The zero-order valence-corrected chi connectivity index (χ0v) is 20.1. The molecule has 0 unspecified atom stereocenters. The molecular weight excluding hydrogens is 517 g/mol. The van der Waals surface area contributed by atoms with Crippen molar-refractivity contribution in [2.75, 3.05) is 5.32 Å². The van der Waals surface area contributed by atoms with Crippen LogP contribution in [0.5, 0.6) is 0 Å². The van der Waals surface area contributed by atoms with E-state index in [1.807, 2.05) is 0 Å². The van der Waals surface area contributed by atoms with E-state index in [9.17, 15) is 31.5 Å². The number of benzene rings is 3. The third-order valence-electron chi connectivity index (χ3n) is 5.75. The average Bonchev–Trinajstić information content (AvgIpc) is 3.16. The highest BCUT2D eigenvalue weighted by molar-refractivity contribution is 6.30. The molecule has 5 nitrogen and oxygen atoms in total. The Morgan fingerprint density at radius 3 is 1.97 bits per heavy atom. The van der Waals surface area contributed by atoms with Crippen LogP contribution in [0.2, 0.25) is 5.02 Å². The molecule has 11 heteroatoms. The van der Waals surface area contributed by atoms with Crippen molar-refractivity contribution in [1.82, 2.24) is 9.78 Å². The molecule has 0 radical (unpaired) electrons. The summed E-state index contributed by atoms with van der Waals surface area (Å²) >= 11 is 5.88. The lowest BCUT2D eigenvalue weighted by Gasteiger charge is -2.11. The molecule has 0 bridgehead atoms. The first-order chi connectivity index (χ1) is 17.5. The predicted octanol–water partition coefficient (Wildman–Crippen LogP) is 6.38. The first kappa shape index (κ1) is 26.0. The molecule has 4 aromatic rings. The number of rotatable bonds is 6. The van der Waals surface area contributed by atoms with Crippen LogP contribution >= 0.6 is 11.6 Å². The van der Waals surface area contributed by atoms with E-state index in [2.05, 4.69) is 10.4 Å². The van der Waals surface area contributed by atoms with Gasteiger partial charge in [-0.25, -0.2) is 22.0 Å². The first-order valence-electron chi connectivity index (χ1n) is 10.8. The Hall–Kier alpha value is -4.05. The summed E-state index contributed by atoms with van der Waals surface area (Å²) in [5.41, 5.74) is -0.0261. The van der Waals surface area contributed by atoms with Gasteiger partial charge in [0.15, 0.2) is 29.1 Å². The van der Waals surface area contributed by atoms with Gasteiger partial charge in [-0.2, -0.15) is 5.10 Å². The molecule has 1 N–H and O–H groups in total. The van der Waals surface area contributed by atoms with Crippen LogP contribution in [0, 0.1) is 42.9 Å². The monoisotopic (exact) mass is 533 g/mol. The topological polar surface area (TPSA) is 64.0 Å². The molecule has 0 saturated carbocycles. The van der Waals surface area contributed by atoms with Crippen LogP contribution in [-0.4, -0.2) is 21.5 Å². The lowest BCUT2D eigenvalue weighted by Crippen LogP contribution is -2.18. The van der Waals surface area contributed by atoms with Gasteiger partial charge in [-0.05, 0) is 44.2 Å². The quantitative estimate of drug-likeness (QED) is 0.135. The number of anilines is 1. The summed E-state index contributed by atoms with van der Waals surface area (Å²) < 4.78 is 70.0. The minimum atomic E-state index is -2.26. The number of carbonyl (C=O) groups excluding carboxylic acids is 2. The van der Waals surface area contributed by atoms with Crippen molar-refractivity contribution >= 4 is 29.0 Å². The van der Waals surface area contributed by atoms with Crippen molar-refractivity contribution in [3.8, 4) is 0 Å². The van der Waals surface area contributed by atoms with Crippen molar-refractivity contribution in [2.24, 2.45) is 0 Å². The summed E-state index contributed by atoms with van der Waals surface area (Å²) in [4.78, 5) is 26.2. The SMILES string of the molecule is Cc1nn(Cc2c(F)c(F)c(F)c(F)c2F)c(C)c1NC(=O)c1ccccc1C(=O)c1ccc(Cl)cc1. The Balaban J connectivity index is 1.65. The summed E-state index contributed by atoms with van der Waals surface area (Å²) in [6.07, 6.45) is 0. The third kappa shape index (κ3) is 4.84. The second-order valence-corrected chi connectivity index (χ2v) is 8.52. The van der Waals surface area contributed by atoms with Gasteiger partial charge in [0.1, 0.15) is 0 Å². The van der Waals surface area contributed by atoms with E-state index in [1.165, 1.54) is 38.1 Å². The Morgan fingerprint density at radius 1 is 0.838 bits per heavy atom. The Morgan fingerprint density at radius 2 is 1.38 bits per heavy atom. The van der Waals surface area contributed by atoms with E-state index in [0.717, 1.165) is 4.68 Å². The maximum atomic E-state index is 14.2. The van der Waals surface area contributed by atoms with Crippen LogP contribution in [0.15, 0.2) is 48.5 Å². The number of carbonyl (C=O) groups is 2. The number of hydrogen-bond donors (Lipinski definition) is 1. The molecular formula is C26H17ClF5N3O2. The van der Waals surface area contributed by atoms with Gasteiger partial charge in [0.05, 0.1) is 34.7 Å². The van der Waals surface area contributed by atoms with Crippen LogP contribution in [0.1, 0.15) is 43.2 Å². The molecule has 0 fully saturated rings. The van der Waals surface area contributed by atoms with E-state index in [1.54, 1.807) is 24.3 Å². The molecule has 1 amide bonds. The second kappa shape index (κ2) is 10.1. The number of amides is 1. The van der Waals surface area contributed by atoms with E-state index >= 15 is 0 Å². The Bertz CT molecular complexity index is 1520. The lowest BCUT2D eigenvalue weighted by molar-refractivity contribution is 0.0996. The molecule has 0 aliphatic rings. The summed E-state index contributed by atoms with van der Waals surface area (Å²) in [5.74, 6) is -11.4. The van der Waals surface area contributed by atoms with Gasteiger partial charge in [0.2, 0.25) is 5.82 Å². The average molecular weight is 534 g/mol. The van der Waals surface area contributed by atoms with Gasteiger partial charge in [-0.3, -0.25) is 14.3 Å². The lowest BCUT2D eigenvalue weighted by atomic mass is 9.98. The molecule has 0 spiro atoms. The fourth-order valence-corrected chi connectivity index (χ4v) is 3.91. The number of halogens is 6. The van der Waals surface area contributed by atoms with Crippen LogP contribution in [-0.2, 0) is 6.54 Å². The van der Waals surface area contributed by atoms with Gasteiger partial charge in [-0.15, -0.1) is 0 Å². The summed E-state index contributed by atoms with van der Waals surface area (Å²) in [6, 6.07) is 12.2. The fourth-order valence-electron chi connectivity index (χ4n) is 3.79. The number of ketones is 1. The molecule has 0 aliphatic heterocycles. The molecule has 4 rings (SSSR count). The number of hydrogen-bond acceptors (Lipinski definition) is 3. The largest absolute Gasteiger partial charge is 0.319 e. The van der Waals surface area contributed by atoms with Crippen molar-refractivity contribution in [3.05, 3.63) is 116 Å². The van der Waals surface area contributed by atoms with Crippen LogP contribution in [0.4, 0.5) is 27.6 Å². The third-order valence-corrected chi connectivity index (χ3v) is 6.00. The van der Waals surface area contributed by atoms with Gasteiger partial charge < -0.3 is 5.32 Å². The normalized spacial score (nSPS) is 11.0. The molecule has 1 aromatic heterocycles. The highest BCUT2D eigenvalue weighted by atomic mass is 35.5. The number of nitrogens with one attached hydrogen (secondary N) is 1. The molecule has 0 aliphatic carbocycles. The minimum absolute atomic E-state index is 0.0498. The van der Waals surface area contributed by atoms with Crippen LogP contribution < -0.4 is 5.32 Å². The number of aromatic nitrogens is 2. The van der Waals surface area contributed by atoms with E-state index in [-0.39, 0.29) is 28.2 Å². The number of aryl methyl sites for hydroxylation is 1. The zero-order chi connectivity index (χ0) is 27.0. The maximum absolute atomic E-state index is 14.2. The van der Waals surface area contributed by atoms with Crippen molar-refractivity contribution in [1.29, 1.82) is 0 Å². The number of nitrogens with zero attached hydrogens (tertiary/aromatic N) is 2. The smallest absolute Gasteiger partial charge is 0.256 e. The van der Waals surface area contributed by atoms with Gasteiger partial charge in [-0.1, -0.05) is 29.8 Å². The molecule has 3 aromatic carbocycles. The first-order valence-corrected chi connectivity index (χ1v) is 11.1. The highest BCUT2D eigenvalue weighted by Crippen LogP contribution is 2.27. The minimum Gasteiger partial charge on any atom is -0.319 e. The van der Waals surface area contributed by atoms with Crippen molar-refractivity contribution < 1.29 is 31.5 Å². The highest BCUT2D eigenvalue weighted by Gasteiger charge is 2.27. The predicted molar refractivity (Wildman–Crippen MR) is 126 cm³/mol. The molecule has 190 valence electrons. The summed E-state index contributed by atoms with van der Waals surface area (Å²) in [6.45, 7) is 2.16. The van der Waals surface area contributed by atoms with Crippen LogP contribution in [0.25, 0.3) is 0 Å². The van der Waals surface area contributed by atoms with Gasteiger partial charge >= 0.3 is 0 Å². The Kier molecular flexibility index (Phi) is 7.13. The molecule has 0 saturated heterocycles. The van der Waals surface area contributed by atoms with E-state index in [4.69, 9.17) is 11.6 Å². The van der Waals surface area contributed by atoms with Crippen molar-refractivity contribution in [2.45, 2.75) is 20.4 Å². The van der Waals surface area contributed by atoms with Gasteiger partial charge in [0.25, 0.3) is 5.91 Å². The molecule has 1 heterocycles.